The molecule has 2 N–H and O–H groups in total. The van der Waals surface area contributed by atoms with E-state index in [1.165, 1.54) is 21.0 Å². The van der Waals surface area contributed by atoms with Gasteiger partial charge in [-0.15, -0.1) is 0 Å². The molecule has 0 aromatic rings. The molecule has 0 aromatic carbocycles. The fraction of sp³-hybridized carbons (Fsp3) is 0.778. The lowest BCUT2D eigenvalue weighted by Crippen LogP contribution is -2.73. The number of carbonyl (C=O) groups is 4. The molecule has 202 valence electrons. The summed E-state index contributed by atoms with van der Waals surface area (Å²) >= 11 is 0. The molecule has 9 heteroatoms. The molecule has 9 unspecified atom stereocenters. The number of Topliss-reactive ketones (excluding diaryl/α,β-unsaturated/α-hetero) is 1. The first kappa shape index (κ1) is 28.3. The van der Waals surface area contributed by atoms with Gasteiger partial charge in [0.1, 0.15) is 6.10 Å². The van der Waals surface area contributed by atoms with Crippen molar-refractivity contribution in [3.05, 3.63) is 12.2 Å². The minimum atomic E-state index is -1.36. The zero-order valence-corrected chi connectivity index (χ0v) is 22.5. The molecule has 3 fully saturated rings. The number of esters is 3. The van der Waals surface area contributed by atoms with Crippen LogP contribution in [0, 0.1) is 34.0 Å². The average molecular weight is 509 g/mol. The van der Waals surface area contributed by atoms with E-state index in [1.54, 1.807) is 34.6 Å². The minimum Gasteiger partial charge on any atom is -0.469 e. The summed E-state index contributed by atoms with van der Waals surface area (Å²) in [6.45, 7) is 15.5. The maximum absolute atomic E-state index is 13.6. The zero-order chi connectivity index (χ0) is 27.6. The van der Waals surface area contributed by atoms with Crippen molar-refractivity contribution >= 4 is 23.7 Å². The second-order valence-corrected chi connectivity index (χ2v) is 12.0. The van der Waals surface area contributed by atoms with Gasteiger partial charge in [0.15, 0.2) is 11.9 Å². The fourth-order valence-corrected chi connectivity index (χ4v) is 7.85. The number of hydrogen-bond donors (Lipinski definition) is 2. The summed E-state index contributed by atoms with van der Waals surface area (Å²) in [6.07, 6.45) is -3.11. The number of rotatable bonds is 5. The van der Waals surface area contributed by atoms with E-state index in [4.69, 9.17) is 14.2 Å². The third kappa shape index (κ3) is 3.90. The second-order valence-electron chi connectivity index (χ2n) is 12.0. The van der Waals surface area contributed by atoms with Crippen LogP contribution in [0.5, 0.6) is 0 Å². The van der Waals surface area contributed by atoms with Crippen LogP contribution in [-0.2, 0) is 33.4 Å². The van der Waals surface area contributed by atoms with Crippen LogP contribution in [-0.4, -0.2) is 64.9 Å². The number of cyclic esters (lactones) is 1. The van der Waals surface area contributed by atoms with Crippen molar-refractivity contribution in [3.63, 3.8) is 0 Å². The number of aliphatic hydroxyl groups is 2. The van der Waals surface area contributed by atoms with Gasteiger partial charge in [-0.25, -0.2) is 0 Å². The van der Waals surface area contributed by atoms with Crippen molar-refractivity contribution in [2.75, 3.05) is 7.11 Å². The van der Waals surface area contributed by atoms with Gasteiger partial charge in [0.25, 0.3) is 0 Å². The number of carbonyl (C=O) groups excluding carboxylic acids is 4. The van der Waals surface area contributed by atoms with E-state index in [1.807, 2.05) is 0 Å². The van der Waals surface area contributed by atoms with Gasteiger partial charge in [0, 0.05) is 17.8 Å². The summed E-state index contributed by atoms with van der Waals surface area (Å²) in [5, 5.41) is 22.9. The Morgan fingerprint density at radius 1 is 1.25 bits per heavy atom. The maximum atomic E-state index is 13.6. The van der Waals surface area contributed by atoms with Crippen LogP contribution >= 0.6 is 0 Å². The van der Waals surface area contributed by atoms with E-state index in [0.29, 0.717) is 5.57 Å². The molecule has 0 radical (unpaired) electrons. The van der Waals surface area contributed by atoms with E-state index >= 15 is 0 Å². The Kier molecular flexibility index (Phi) is 7.03. The Morgan fingerprint density at radius 2 is 1.83 bits per heavy atom. The fourth-order valence-electron chi connectivity index (χ4n) is 7.85. The molecule has 3 aliphatic rings. The van der Waals surface area contributed by atoms with E-state index in [2.05, 4.69) is 6.58 Å². The summed E-state index contributed by atoms with van der Waals surface area (Å²) < 4.78 is 16.1. The van der Waals surface area contributed by atoms with Crippen LogP contribution in [0.25, 0.3) is 0 Å². The Labute approximate surface area is 212 Å². The normalized spacial score (nSPS) is 41.5. The topological polar surface area (TPSA) is 136 Å². The number of ketones is 1. The summed E-state index contributed by atoms with van der Waals surface area (Å²) in [7, 11) is 1.23. The molecule has 36 heavy (non-hydrogen) atoms. The first-order chi connectivity index (χ1) is 16.4. The van der Waals surface area contributed by atoms with Gasteiger partial charge >= 0.3 is 17.9 Å². The Balaban J connectivity index is 2.32. The number of hydrogen-bond acceptors (Lipinski definition) is 9. The first-order valence-electron chi connectivity index (χ1n) is 12.4. The monoisotopic (exact) mass is 508 g/mol. The molecule has 2 saturated carbocycles. The lowest BCUT2D eigenvalue weighted by Gasteiger charge is -2.68. The average Bonchev–Trinajstić information content (AvgIpc) is 2.74. The van der Waals surface area contributed by atoms with Crippen LogP contribution in [0.4, 0.5) is 0 Å². The van der Waals surface area contributed by atoms with E-state index < -0.39 is 75.8 Å². The zero-order valence-electron chi connectivity index (χ0n) is 22.5. The number of allylic oxidation sites excluding steroid dienone is 1. The smallest absolute Gasteiger partial charge is 0.311 e. The molecular weight excluding hydrogens is 468 g/mol. The van der Waals surface area contributed by atoms with Gasteiger partial charge in [0.05, 0.1) is 36.6 Å². The standard InChI is InChI=1S/C27H40O9/c1-13-10-17-26(7,18(29)12-20(30)34-9)16(24(4,5)33)11-19(36-15(3)28)27(17,8)21-23(32)35-14(2)22(31)25(13,21)6/h14,16-19,21,29,33H,1,10-12H2,2-9H3. The molecule has 1 heterocycles. The third-order valence-corrected chi connectivity index (χ3v) is 9.66. The van der Waals surface area contributed by atoms with Gasteiger partial charge in [-0.3, -0.25) is 19.2 Å². The molecule has 1 saturated heterocycles. The van der Waals surface area contributed by atoms with E-state index in [9.17, 15) is 29.4 Å². The highest BCUT2D eigenvalue weighted by atomic mass is 16.6. The van der Waals surface area contributed by atoms with Crippen LogP contribution < -0.4 is 0 Å². The molecule has 9 nitrogen and oxygen atoms in total. The molecule has 2 aliphatic carbocycles. The third-order valence-electron chi connectivity index (χ3n) is 9.66. The summed E-state index contributed by atoms with van der Waals surface area (Å²) in [5.41, 5.74) is -4.45. The lowest BCUT2D eigenvalue weighted by atomic mass is 9.36. The Bertz CT molecular complexity index is 980. The van der Waals surface area contributed by atoms with Gasteiger partial charge in [-0.05, 0) is 52.4 Å². The van der Waals surface area contributed by atoms with Crippen molar-refractivity contribution in [2.45, 2.75) is 91.6 Å². The van der Waals surface area contributed by atoms with E-state index in [0.717, 1.165) is 0 Å². The predicted octanol–water partition coefficient (Wildman–Crippen LogP) is 2.36. The quantitative estimate of drug-likeness (QED) is 0.326. The largest absolute Gasteiger partial charge is 0.469 e. The van der Waals surface area contributed by atoms with E-state index in [-0.39, 0.29) is 25.0 Å². The minimum absolute atomic E-state index is 0.0981. The van der Waals surface area contributed by atoms with Crippen LogP contribution in [0.15, 0.2) is 12.2 Å². The Hall–Kier alpha value is -2.26. The molecular formula is C27H40O9. The van der Waals surface area contributed by atoms with Crippen molar-refractivity contribution in [1.29, 1.82) is 0 Å². The molecule has 3 rings (SSSR count). The Morgan fingerprint density at radius 3 is 2.33 bits per heavy atom. The number of fused-ring (bicyclic) bond motifs is 3. The number of methoxy groups -OCH3 is 1. The summed E-state index contributed by atoms with van der Waals surface area (Å²) in [5.74, 6) is -4.37. The molecule has 0 aromatic heterocycles. The van der Waals surface area contributed by atoms with Crippen LogP contribution in [0.1, 0.15) is 67.7 Å². The summed E-state index contributed by atoms with van der Waals surface area (Å²) in [6, 6.07) is 0. The maximum Gasteiger partial charge on any atom is 0.311 e. The van der Waals surface area contributed by atoms with Crippen molar-refractivity contribution < 1.29 is 43.6 Å². The van der Waals surface area contributed by atoms with Crippen LogP contribution in [0.3, 0.4) is 0 Å². The van der Waals surface area contributed by atoms with Gasteiger partial charge in [-0.1, -0.05) is 26.0 Å². The molecule has 0 amide bonds. The lowest BCUT2D eigenvalue weighted by molar-refractivity contribution is -0.261. The van der Waals surface area contributed by atoms with Gasteiger partial charge in [-0.2, -0.15) is 0 Å². The molecule has 9 atom stereocenters. The van der Waals surface area contributed by atoms with Gasteiger partial charge < -0.3 is 24.4 Å². The van der Waals surface area contributed by atoms with Gasteiger partial charge in [0.2, 0.25) is 0 Å². The summed E-state index contributed by atoms with van der Waals surface area (Å²) in [4.78, 5) is 51.6. The van der Waals surface area contributed by atoms with Crippen LogP contribution in [0.2, 0.25) is 0 Å². The second kappa shape index (κ2) is 8.94. The number of aliphatic hydroxyl groups excluding tert-OH is 1. The van der Waals surface area contributed by atoms with Crippen molar-refractivity contribution in [1.82, 2.24) is 0 Å². The SMILES string of the molecule is C=C1CC2C(C)(C(O)CC(=O)OC)C(C(C)(C)O)CC(OC(C)=O)C2(C)C2C(=O)OC(C)C(=O)C12C. The van der Waals surface area contributed by atoms with Crippen molar-refractivity contribution in [2.24, 2.45) is 34.0 Å². The first-order valence-corrected chi connectivity index (χ1v) is 12.4. The highest BCUT2D eigenvalue weighted by Gasteiger charge is 2.74. The van der Waals surface area contributed by atoms with Crippen molar-refractivity contribution in [3.8, 4) is 0 Å². The molecule has 0 spiro atoms. The highest BCUT2D eigenvalue weighted by Crippen LogP contribution is 2.70. The predicted molar refractivity (Wildman–Crippen MR) is 128 cm³/mol. The highest BCUT2D eigenvalue weighted by molar-refractivity contribution is 6.00. The molecule has 1 aliphatic heterocycles. The number of ether oxygens (including phenoxy) is 3. The molecule has 0 bridgehead atoms.